The Morgan fingerprint density at radius 1 is 1.32 bits per heavy atom. The van der Waals surface area contributed by atoms with E-state index < -0.39 is 0 Å². The predicted octanol–water partition coefficient (Wildman–Crippen LogP) is 3.84. The Balaban J connectivity index is 1.65. The third-order valence-electron chi connectivity index (χ3n) is 4.29. The number of methoxy groups -OCH3 is 1. The maximum absolute atomic E-state index is 5.69. The van der Waals surface area contributed by atoms with Crippen molar-refractivity contribution in [1.82, 2.24) is 14.9 Å². The van der Waals surface area contributed by atoms with Gasteiger partial charge in [-0.2, -0.15) is 14.9 Å². The van der Waals surface area contributed by atoms with Crippen LogP contribution in [0.25, 0.3) is 10.8 Å². The maximum atomic E-state index is 5.69. The Morgan fingerprint density at radius 3 is 2.96 bits per heavy atom. The Labute approximate surface area is 150 Å². The monoisotopic (exact) mass is 354 g/mol. The summed E-state index contributed by atoms with van der Waals surface area (Å²) in [6.07, 6.45) is 3.71. The Morgan fingerprint density at radius 2 is 2.16 bits per heavy atom. The van der Waals surface area contributed by atoms with Gasteiger partial charge in [-0.3, -0.25) is 5.10 Å². The van der Waals surface area contributed by atoms with E-state index in [1.54, 1.807) is 18.0 Å². The molecule has 2 aromatic carbocycles. The van der Waals surface area contributed by atoms with E-state index in [0.29, 0.717) is 4.77 Å². The van der Waals surface area contributed by atoms with Crippen LogP contribution in [0.15, 0.2) is 41.5 Å². The van der Waals surface area contributed by atoms with Gasteiger partial charge in [0, 0.05) is 6.61 Å². The smallest absolute Gasteiger partial charge is 0.216 e. The molecule has 25 heavy (non-hydrogen) atoms. The summed E-state index contributed by atoms with van der Waals surface area (Å²) in [6, 6.07) is 12.1. The number of benzene rings is 2. The molecule has 1 fully saturated rings. The molecule has 0 amide bonds. The highest BCUT2D eigenvalue weighted by molar-refractivity contribution is 7.71. The summed E-state index contributed by atoms with van der Waals surface area (Å²) >= 11 is 5.29. The second-order valence-electron chi connectivity index (χ2n) is 5.92. The zero-order chi connectivity index (χ0) is 17.2. The highest BCUT2D eigenvalue weighted by Gasteiger charge is 2.23. The minimum Gasteiger partial charge on any atom is -0.497 e. The molecule has 0 bridgehead atoms. The van der Waals surface area contributed by atoms with Crippen molar-refractivity contribution in [1.29, 1.82) is 0 Å². The fourth-order valence-corrected chi connectivity index (χ4v) is 3.17. The molecule has 1 aliphatic rings. The third kappa shape index (κ3) is 3.20. The first kappa shape index (κ1) is 16.0. The van der Waals surface area contributed by atoms with E-state index in [1.807, 2.05) is 24.3 Å². The quantitative estimate of drug-likeness (QED) is 0.571. The second-order valence-corrected chi connectivity index (χ2v) is 6.30. The standard InChI is InChI=1S/C18H18N4O2S/c1-23-15-7-6-13-9-12(4-5-14(13)10-15)11-19-22-17(20-21-18(22)25)16-3-2-8-24-16/h4-7,9-11,16H,2-3,8H2,1H3,(H,21,25)/b19-11-/t16-/m1/s1. The lowest BCUT2D eigenvalue weighted by Crippen LogP contribution is -2.05. The zero-order valence-electron chi connectivity index (χ0n) is 13.8. The molecular weight excluding hydrogens is 336 g/mol. The number of fused-ring (bicyclic) bond motifs is 1. The van der Waals surface area contributed by atoms with Gasteiger partial charge in [-0.15, -0.1) is 0 Å². The lowest BCUT2D eigenvalue weighted by atomic mass is 10.1. The summed E-state index contributed by atoms with van der Waals surface area (Å²) in [5.41, 5.74) is 0.985. The fraction of sp³-hybridized carbons (Fsp3) is 0.278. The van der Waals surface area contributed by atoms with Crippen LogP contribution in [0, 0.1) is 4.77 Å². The maximum Gasteiger partial charge on any atom is 0.216 e. The molecule has 0 aliphatic carbocycles. The summed E-state index contributed by atoms with van der Waals surface area (Å²) in [4.78, 5) is 0. The largest absolute Gasteiger partial charge is 0.497 e. The highest BCUT2D eigenvalue weighted by Crippen LogP contribution is 2.27. The number of aromatic nitrogens is 3. The number of aromatic amines is 1. The van der Waals surface area contributed by atoms with E-state index in [1.165, 1.54) is 0 Å². The Bertz CT molecular complexity index is 986. The average molecular weight is 354 g/mol. The van der Waals surface area contributed by atoms with Crippen molar-refractivity contribution in [2.45, 2.75) is 18.9 Å². The van der Waals surface area contributed by atoms with Crippen molar-refractivity contribution in [2.24, 2.45) is 5.10 Å². The molecule has 1 N–H and O–H groups in total. The van der Waals surface area contributed by atoms with Crippen LogP contribution in [0.2, 0.25) is 0 Å². The number of hydrogen-bond acceptors (Lipinski definition) is 5. The number of nitrogens with zero attached hydrogens (tertiary/aromatic N) is 3. The molecule has 2 heterocycles. The van der Waals surface area contributed by atoms with Crippen LogP contribution < -0.4 is 4.74 Å². The summed E-state index contributed by atoms with van der Waals surface area (Å²) < 4.78 is 13.1. The first-order valence-corrected chi connectivity index (χ1v) is 8.56. The SMILES string of the molecule is COc1ccc2cc(/C=N\n3c([C@H]4CCCO4)n[nH]c3=S)ccc2c1. The van der Waals surface area contributed by atoms with Gasteiger partial charge in [0.1, 0.15) is 11.9 Å². The van der Waals surface area contributed by atoms with Crippen molar-refractivity contribution in [3.05, 3.63) is 52.6 Å². The number of H-pyrrole nitrogens is 1. The molecule has 6 nitrogen and oxygen atoms in total. The normalized spacial score (nSPS) is 17.6. The van der Waals surface area contributed by atoms with Crippen molar-refractivity contribution in [3.63, 3.8) is 0 Å². The predicted molar refractivity (Wildman–Crippen MR) is 98.8 cm³/mol. The van der Waals surface area contributed by atoms with Crippen molar-refractivity contribution < 1.29 is 9.47 Å². The van der Waals surface area contributed by atoms with Gasteiger partial charge in [0.2, 0.25) is 4.77 Å². The molecule has 0 spiro atoms. The van der Waals surface area contributed by atoms with E-state index in [4.69, 9.17) is 21.7 Å². The molecule has 1 aliphatic heterocycles. The number of nitrogens with one attached hydrogen (secondary N) is 1. The van der Waals surface area contributed by atoms with Crippen LogP contribution in [0.1, 0.15) is 30.3 Å². The molecule has 128 valence electrons. The number of ether oxygens (including phenoxy) is 2. The van der Waals surface area contributed by atoms with E-state index in [0.717, 1.165) is 47.4 Å². The Hall–Kier alpha value is -2.51. The number of hydrogen-bond donors (Lipinski definition) is 1. The van der Waals surface area contributed by atoms with Crippen molar-refractivity contribution >= 4 is 29.2 Å². The van der Waals surface area contributed by atoms with Gasteiger partial charge >= 0.3 is 0 Å². The number of rotatable bonds is 4. The first-order valence-electron chi connectivity index (χ1n) is 8.16. The van der Waals surface area contributed by atoms with E-state index >= 15 is 0 Å². The van der Waals surface area contributed by atoms with Gasteiger partial charge in [0.25, 0.3) is 0 Å². The molecule has 3 aromatic rings. The molecule has 0 radical (unpaired) electrons. The van der Waals surface area contributed by atoms with E-state index in [-0.39, 0.29) is 6.10 Å². The molecule has 4 rings (SSSR count). The highest BCUT2D eigenvalue weighted by atomic mass is 32.1. The first-order chi connectivity index (χ1) is 12.2. The van der Waals surface area contributed by atoms with Crippen LogP contribution >= 0.6 is 12.2 Å². The van der Waals surface area contributed by atoms with Gasteiger partial charge in [0.15, 0.2) is 5.82 Å². The minimum absolute atomic E-state index is 0.0471. The molecular formula is C18H18N4O2S. The molecule has 7 heteroatoms. The lowest BCUT2D eigenvalue weighted by molar-refractivity contribution is 0.102. The summed E-state index contributed by atoms with van der Waals surface area (Å²) in [5, 5.41) is 13.8. The fourth-order valence-electron chi connectivity index (χ4n) is 2.98. The van der Waals surface area contributed by atoms with E-state index in [9.17, 15) is 0 Å². The van der Waals surface area contributed by atoms with Crippen LogP contribution in [0.3, 0.4) is 0 Å². The summed E-state index contributed by atoms with van der Waals surface area (Å²) in [7, 11) is 1.67. The molecule has 0 unspecified atom stereocenters. The van der Waals surface area contributed by atoms with Crippen LogP contribution in [-0.4, -0.2) is 34.8 Å². The van der Waals surface area contributed by atoms with Crippen LogP contribution in [0.5, 0.6) is 5.75 Å². The van der Waals surface area contributed by atoms with Crippen molar-refractivity contribution in [2.75, 3.05) is 13.7 Å². The summed E-state index contributed by atoms with van der Waals surface area (Å²) in [5.74, 6) is 1.57. The Kier molecular flexibility index (Phi) is 4.33. The average Bonchev–Trinajstić information content (AvgIpc) is 3.29. The van der Waals surface area contributed by atoms with Gasteiger partial charge in [-0.25, -0.2) is 0 Å². The molecule has 1 aromatic heterocycles. The second kappa shape index (κ2) is 6.78. The van der Waals surface area contributed by atoms with Gasteiger partial charge in [-0.05, 0) is 59.6 Å². The van der Waals surface area contributed by atoms with Gasteiger partial charge < -0.3 is 9.47 Å². The topological polar surface area (TPSA) is 64.4 Å². The zero-order valence-corrected chi connectivity index (χ0v) is 14.6. The molecule has 1 saturated heterocycles. The van der Waals surface area contributed by atoms with Gasteiger partial charge in [0.05, 0.1) is 13.3 Å². The van der Waals surface area contributed by atoms with Crippen molar-refractivity contribution in [3.8, 4) is 5.75 Å². The summed E-state index contributed by atoms with van der Waals surface area (Å²) in [6.45, 7) is 0.752. The molecule has 0 saturated carbocycles. The lowest BCUT2D eigenvalue weighted by Gasteiger charge is -2.07. The van der Waals surface area contributed by atoms with Gasteiger partial charge in [-0.1, -0.05) is 18.2 Å². The van der Waals surface area contributed by atoms with E-state index in [2.05, 4.69) is 27.4 Å². The van der Waals surface area contributed by atoms with Crippen LogP contribution in [-0.2, 0) is 4.74 Å². The minimum atomic E-state index is -0.0471. The van der Waals surface area contributed by atoms with Crippen LogP contribution in [0.4, 0.5) is 0 Å². The molecule has 1 atom stereocenters. The third-order valence-corrected chi connectivity index (χ3v) is 4.55.